The van der Waals surface area contributed by atoms with Gasteiger partial charge in [0.15, 0.2) is 0 Å². The van der Waals surface area contributed by atoms with Crippen LogP contribution in [0.25, 0.3) is 0 Å². The zero-order chi connectivity index (χ0) is 15.4. The molecule has 0 bridgehead atoms. The van der Waals surface area contributed by atoms with Crippen LogP contribution in [0.3, 0.4) is 0 Å². The van der Waals surface area contributed by atoms with E-state index in [1.165, 1.54) is 4.68 Å². The Morgan fingerprint density at radius 3 is 2.62 bits per heavy atom. The molecule has 112 valence electrons. The molecule has 0 aliphatic rings. The van der Waals surface area contributed by atoms with Gasteiger partial charge in [-0.05, 0) is 38.0 Å². The van der Waals surface area contributed by atoms with Crippen LogP contribution in [-0.4, -0.2) is 21.4 Å². The number of hydrogen-bond donors (Lipinski definition) is 2. The summed E-state index contributed by atoms with van der Waals surface area (Å²) < 4.78 is 1.35. The fourth-order valence-electron chi connectivity index (χ4n) is 1.94. The van der Waals surface area contributed by atoms with E-state index in [-0.39, 0.29) is 22.4 Å². The lowest BCUT2D eigenvalue weighted by Gasteiger charge is -2.12. The third kappa shape index (κ3) is 3.76. The maximum Gasteiger partial charge on any atom is 0.287 e. The van der Waals surface area contributed by atoms with Gasteiger partial charge in [-0.3, -0.25) is 4.79 Å². The molecule has 0 spiro atoms. The van der Waals surface area contributed by atoms with Crippen LogP contribution in [-0.2, 0) is 6.42 Å². The van der Waals surface area contributed by atoms with E-state index in [0.717, 1.165) is 12.0 Å². The minimum atomic E-state index is -0.290. The second-order valence-electron chi connectivity index (χ2n) is 5.06. The average molecular weight is 308 g/mol. The van der Waals surface area contributed by atoms with Crippen molar-refractivity contribution in [3.63, 3.8) is 0 Å². The van der Waals surface area contributed by atoms with Crippen LogP contribution in [0.15, 0.2) is 35.3 Å². The van der Waals surface area contributed by atoms with Gasteiger partial charge < -0.3 is 10.4 Å². The highest BCUT2D eigenvalue weighted by Gasteiger charge is 2.10. The summed E-state index contributed by atoms with van der Waals surface area (Å²) in [4.78, 5) is 12.0. The molecule has 0 saturated carbocycles. The van der Waals surface area contributed by atoms with E-state index in [4.69, 9.17) is 11.6 Å². The van der Waals surface area contributed by atoms with Crippen molar-refractivity contribution >= 4 is 17.3 Å². The zero-order valence-corrected chi connectivity index (χ0v) is 12.8. The molecule has 1 aromatic carbocycles. The van der Waals surface area contributed by atoms with Crippen molar-refractivity contribution in [1.29, 1.82) is 0 Å². The van der Waals surface area contributed by atoms with Crippen LogP contribution in [0.5, 0.6) is 5.75 Å². The second kappa shape index (κ2) is 6.63. The molecule has 2 rings (SSSR count). The summed E-state index contributed by atoms with van der Waals surface area (Å²) in [6.07, 6.45) is 2.32. The van der Waals surface area contributed by atoms with E-state index in [2.05, 4.69) is 10.4 Å². The first-order valence-electron chi connectivity index (χ1n) is 6.78. The van der Waals surface area contributed by atoms with Crippen molar-refractivity contribution in [3.8, 4) is 5.75 Å². The Hall–Kier alpha value is -2.01. The number of aromatic hydroxyl groups is 1. The van der Waals surface area contributed by atoms with Crippen molar-refractivity contribution in [2.75, 3.05) is 11.9 Å². The number of rotatable bonds is 5. The van der Waals surface area contributed by atoms with Gasteiger partial charge in [-0.15, -0.1) is 0 Å². The van der Waals surface area contributed by atoms with Gasteiger partial charge in [0.1, 0.15) is 10.8 Å². The number of nitrogens with one attached hydrogen (secondary N) is 1. The van der Waals surface area contributed by atoms with Gasteiger partial charge in [0.25, 0.3) is 5.56 Å². The van der Waals surface area contributed by atoms with Crippen LogP contribution in [0.4, 0.5) is 5.69 Å². The van der Waals surface area contributed by atoms with Gasteiger partial charge >= 0.3 is 0 Å². The lowest BCUT2D eigenvalue weighted by molar-refractivity contribution is 0.475. The highest BCUT2D eigenvalue weighted by molar-refractivity contribution is 6.32. The minimum Gasteiger partial charge on any atom is -0.508 e. The lowest BCUT2D eigenvalue weighted by atomic mass is 10.1. The maximum absolute atomic E-state index is 12.0. The molecule has 6 heteroatoms. The summed E-state index contributed by atoms with van der Waals surface area (Å²) in [7, 11) is 0. The Morgan fingerprint density at radius 1 is 1.33 bits per heavy atom. The molecular formula is C15H18ClN3O2. The molecule has 0 radical (unpaired) electrons. The molecule has 1 heterocycles. The molecule has 21 heavy (non-hydrogen) atoms. The zero-order valence-electron chi connectivity index (χ0n) is 12.0. The summed E-state index contributed by atoms with van der Waals surface area (Å²) in [5, 5.41) is 16.6. The number of halogens is 1. The molecule has 0 unspecified atom stereocenters. The van der Waals surface area contributed by atoms with E-state index in [1.807, 2.05) is 26.0 Å². The standard InChI is InChI=1S/C15H18ClN3O2/c1-10(2)19-15(21)14(16)13(9-18-19)17-8-7-11-3-5-12(20)6-4-11/h3-6,9-10,17,20H,7-8H2,1-2H3. The maximum atomic E-state index is 12.0. The quantitative estimate of drug-likeness (QED) is 0.891. The molecule has 0 aliphatic heterocycles. The Morgan fingerprint density at radius 2 is 2.00 bits per heavy atom. The first-order valence-corrected chi connectivity index (χ1v) is 7.16. The first-order chi connectivity index (χ1) is 9.99. The summed E-state index contributed by atoms with van der Waals surface area (Å²) in [5.74, 6) is 0.247. The summed E-state index contributed by atoms with van der Waals surface area (Å²) in [5.41, 5.74) is 1.33. The van der Waals surface area contributed by atoms with Crippen molar-refractivity contribution in [3.05, 3.63) is 51.4 Å². The van der Waals surface area contributed by atoms with E-state index in [9.17, 15) is 9.90 Å². The average Bonchev–Trinajstić information content (AvgIpc) is 2.45. The Balaban J connectivity index is 2.02. The predicted octanol–water partition coefficient (Wildman–Crippen LogP) is 2.84. The Kier molecular flexibility index (Phi) is 4.85. The van der Waals surface area contributed by atoms with Gasteiger partial charge in [-0.2, -0.15) is 5.10 Å². The van der Waals surface area contributed by atoms with Crippen molar-refractivity contribution < 1.29 is 5.11 Å². The van der Waals surface area contributed by atoms with E-state index < -0.39 is 0 Å². The second-order valence-corrected chi connectivity index (χ2v) is 5.44. The van der Waals surface area contributed by atoms with Gasteiger partial charge in [-0.1, -0.05) is 23.7 Å². The Bertz CT molecular complexity index is 666. The number of anilines is 1. The van der Waals surface area contributed by atoms with Gasteiger partial charge in [0.2, 0.25) is 0 Å². The number of phenols is 1. The molecule has 0 fully saturated rings. The molecule has 0 aliphatic carbocycles. The highest BCUT2D eigenvalue weighted by atomic mass is 35.5. The Labute approximate surface area is 128 Å². The predicted molar refractivity (Wildman–Crippen MR) is 84.2 cm³/mol. The van der Waals surface area contributed by atoms with Crippen LogP contribution < -0.4 is 10.9 Å². The van der Waals surface area contributed by atoms with Crippen molar-refractivity contribution in [2.24, 2.45) is 0 Å². The van der Waals surface area contributed by atoms with Crippen LogP contribution in [0, 0.1) is 0 Å². The molecule has 0 atom stereocenters. The third-order valence-corrected chi connectivity index (χ3v) is 3.46. The van der Waals surface area contributed by atoms with Crippen LogP contribution >= 0.6 is 11.6 Å². The largest absolute Gasteiger partial charge is 0.508 e. The van der Waals surface area contributed by atoms with E-state index >= 15 is 0 Å². The van der Waals surface area contributed by atoms with Crippen molar-refractivity contribution in [1.82, 2.24) is 9.78 Å². The molecular weight excluding hydrogens is 290 g/mol. The molecule has 2 N–H and O–H groups in total. The van der Waals surface area contributed by atoms with E-state index in [0.29, 0.717) is 12.2 Å². The van der Waals surface area contributed by atoms with Gasteiger partial charge in [0.05, 0.1) is 17.9 Å². The molecule has 0 amide bonds. The third-order valence-electron chi connectivity index (χ3n) is 3.10. The fraction of sp³-hybridized carbons (Fsp3) is 0.333. The number of hydrogen-bond acceptors (Lipinski definition) is 4. The number of benzene rings is 1. The summed E-state index contributed by atoms with van der Waals surface area (Å²) in [6, 6.07) is 6.98. The fourth-order valence-corrected chi connectivity index (χ4v) is 2.14. The number of phenolic OH excluding ortho intramolecular Hbond substituents is 1. The summed E-state index contributed by atoms with van der Waals surface area (Å²) >= 11 is 6.08. The number of aromatic nitrogens is 2. The normalized spacial score (nSPS) is 10.9. The van der Waals surface area contributed by atoms with Gasteiger partial charge in [0, 0.05) is 6.54 Å². The molecule has 5 nitrogen and oxygen atoms in total. The minimum absolute atomic E-state index is 0.0268. The molecule has 1 aromatic heterocycles. The molecule has 2 aromatic rings. The van der Waals surface area contributed by atoms with Gasteiger partial charge in [-0.25, -0.2) is 4.68 Å². The summed E-state index contributed by atoms with van der Waals surface area (Å²) in [6.45, 7) is 4.38. The highest BCUT2D eigenvalue weighted by Crippen LogP contribution is 2.16. The lowest BCUT2D eigenvalue weighted by Crippen LogP contribution is -2.26. The van der Waals surface area contributed by atoms with Crippen LogP contribution in [0.2, 0.25) is 5.02 Å². The monoisotopic (exact) mass is 307 g/mol. The van der Waals surface area contributed by atoms with Crippen molar-refractivity contribution in [2.45, 2.75) is 26.3 Å². The topological polar surface area (TPSA) is 67.2 Å². The first kappa shape index (κ1) is 15.4. The number of nitrogens with zero attached hydrogens (tertiary/aromatic N) is 2. The van der Waals surface area contributed by atoms with E-state index in [1.54, 1.807) is 18.3 Å². The smallest absolute Gasteiger partial charge is 0.287 e. The SMILES string of the molecule is CC(C)n1ncc(NCCc2ccc(O)cc2)c(Cl)c1=O. The molecule has 0 saturated heterocycles. The van der Waals surface area contributed by atoms with Crippen LogP contribution in [0.1, 0.15) is 25.5 Å².